The van der Waals surface area contributed by atoms with E-state index in [2.05, 4.69) is 10.6 Å². The van der Waals surface area contributed by atoms with Crippen LogP contribution in [0.15, 0.2) is 24.3 Å². The Morgan fingerprint density at radius 1 is 1.19 bits per heavy atom. The molecule has 0 atom stereocenters. The van der Waals surface area contributed by atoms with Gasteiger partial charge in [-0.25, -0.2) is 9.18 Å². The SMILES string of the molecule is Cl.O=C(Nc1ccc(F)cc1)N1CCC2(CCNC2)CC1. The number of urea groups is 1. The van der Waals surface area contributed by atoms with E-state index in [9.17, 15) is 9.18 Å². The first-order valence-electron chi connectivity index (χ1n) is 7.19. The van der Waals surface area contributed by atoms with E-state index < -0.39 is 0 Å². The number of anilines is 1. The molecule has 2 heterocycles. The second-order valence-corrected chi connectivity index (χ2v) is 5.85. The fourth-order valence-corrected chi connectivity index (χ4v) is 3.14. The topological polar surface area (TPSA) is 44.4 Å². The summed E-state index contributed by atoms with van der Waals surface area (Å²) in [4.78, 5) is 14.0. The lowest BCUT2D eigenvalue weighted by Gasteiger charge is -2.38. The number of likely N-dealkylation sites (tertiary alicyclic amines) is 1. The molecule has 2 N–H and O–H groups in total. The summed E-state index contributed by atoms with van der Waals surface area (Å²) in [7, 11) is 0. The zero-order valence-electron chi connectivity index (χ0n) is 11.9. The van der Waals surface area contributed by atoms with Gasteiger partial charge in [0.2, 0.25) is 0 Å². The molecule has 2 aliphatic heterocycles. The van der Waals surface area contributed by atoms with E-state index in [1.54, 1.807) is 12.1 Å². The molecule has 21 heavy (non-hydrogen) atoms. The van der Waals surface area contributed by atoms with Gasteiger partial charge in [-0.05, 0) is 55.5 Å². The van der Waals surface area contributed by atoms with Crippen molar-refractivity contribution in [1.29, 1.82) is 0 Å². The number of hydrogen-bond acceptors (Lipinski definition) is 2. The van der Waals surface area contributed by atoms with Crippen molar-refractivity contribution in [2.45, 2.75) is 19.3 Å². The molecule has 2 aliphatic rings. The molecule has 1 spiro atoms. The first-order valence-corrected chi connectivity index (χ1v) is 7.19. The predicted octanol–water partition coefficient (Wildman–Crippen LogP) is 2.85. The number of nitrogens with zero attached hydrogens (tertiary/aromatic N) is 1. The van der Waals surface area contributed by atoms with Crippen LogP contribution >= 0.6 is 12.4 Å². The van der Waals surface area contributed by atoms with Gasteiger partial charge < -0.3 is 15.5 Å². The molecule has 2 amide bonds. The summed E-state index contributed by atoms with van der Waals surface area (Å²) in [6, 6.07) is 5.78. The molecule has 6 heteroatoms. The van der Waals surface area contributed by atoms with Gasteiger partial charge in [-0.1, -0.05) is 0 Å². The van der Waals surface area contributed by atoms with E-state index in [0.717, 1.165) is 39.0 Å². The van der Waals surface area contributed by atoms with Gasteiger partial charge in [-0.2, -0.15) is 0 Å². The number of nitrogens with one attached hydrogen (secondary N) is 2. The van der Waals surface area contributed by atoms with Gasteiger partial charge in [0, 0.05) is 25.3 Å². The van der Waals surface area contributed by atoms with Crippen molar-refractivity contribution in [3.8, 4) is 0 Å². The van der Waals surface area contributed by atoms with Crippen LogP contribution in [0.2, 0.25) is 0 Å². The van der Waals surface area contributed by atoms with Crippen molar-refractivity contribution in [3.63, 3.8) is 0 Å². The Morgan fingerprint density at radius 2 is 1.86 bits per heavy atom. The highest BCUT2D eigenvalue weighted by molar-refractivity contribution is 5.89. The summed E-state index contributed by atoms with van der Waals surface area (Å²) in [6.45, 7) is 3.78. The van der Waals surface area contributed by atoms with Crippen LogP contribution in [0.5, 0.6) is 0 Å². The molecule has 2 saturated heterocycles. The van der Waals surface area contributed by atoms with E-state index >= 15 is 0 Å². The van der Waals surface area contributed by atoms with Crippen LogP contribution in [-0.4, -0.2) is 37.1 Å². The summed E-state index contributed by atoms with van der Waals surface area (Å²) >= 11 is 0. The summed E-state index contributed by atoms with van der Waals surface area (Å²) < 4.78 is 12.8. The van der Waals surface area contributed by atoms with Crippen molar-refractivity contribution >= 4 is 24.1 Å². The first-order chi connectivity index (χ1) is 9.67. The molecule has 0 aromatic heterocycles. The Labute approximate surface area is 130 Å². The van der Waals surface area contributed by atoms with Gasteiger partial charge in [0.15, 0.2) is 0 Å². The van der Waals surface area contributed by atoms with Crippen molar-refractivity contribution < 1.29 is 9.18 Å². The minimum atomic E-state index is -0.295. The molecule has 0 aliphatic carbocycles. The number of amides is 2. The van der Waals surface area contributed by atoms with Crippen molar-refractivity contribution in [2.75, 3.05) is 31.5 Å². The number of rotatable bonds is 1. The molecule has 0 unspecified atom stereocenters. The quantitative estimate of drug-likeness (QED) is 0.837. The summed E-state index contributed by atoms with van der Waals surface area (Å²) in [5.74, 6) is -0.295. The van der Waals surface area contributed by atoms with E-state index in [-0.39, 0.29) is 24.3 Å². The summed E-state index contributed by atoms with van der Waals surface area (Å²) in [5.41, 5.74) is 1.05. The largest absolute Gasteiger partial charge is 0.324 e. The third-order valence-corrected chi connectivity index (χ3v) is 4.54. The number of carbonyl (C=O) groups excluding carboxylic acids is 1. The monoisotopic (exact) mass is 313 g/mol. The van der Waals surface area contributed by atoms with Crippen LogP contribution in [-0.2, 0) is 0 Å². The highest BCUT2D eigenvalue weighted by Gasteiger charge is 2.37. The summed E-state index contributed by atoms with van der Waals surface area (Å²) in [6.07, 6.45) is 3.36. The fraction of sp³-hybridized carbons (Fsp3) is 0.533. The molecule has 4 nitrogen and oxygen atoms in total. The highest BCUT2D eigenvalue weighted by atomic mass is 35.5. The molecular formula is C15H21ClFN3O. The van der Waals surface area contributed by atoms with Crippen LogP contribution in [0, 0.1) is 11.2 Å². The first kappa shape index (κ1) is 16.0. The second-order valence-electron chi connectivity index (χ2n) is 5.85. The maximum atomic E-state index is 12.8. The zero-order valence-corrected chi connectivity index (χ0v) is 12.7. The third kappa shape index (κ3) is 3.66. The highest BCUT2D eigenvalue weighted by Crippen LogP contribution is 2.36. The Morgan fingerprint density at radius 3 is 2.43 bits per heavy atom. The van der Waals surface area contributed by atoms with E-state index in [0.29, 0.717) is 11.1 Å². The lowest BCUT2D eigenvalue weighted by atomic mass is 9.78. The lowest BCUT2D eigenvalue weighted by Crippen LogP contribution is -2.45. The van der Waals surface area contributed by atoms with Gasteiger partial charge in [0.1, 0.15) is 5.82 Å². The molecule has 1 aromatic carbocycles. The molecule has 2 fully saturated rings. The number of carbonyl (C=O) groups is 1. The van der Waals surface area contributed by atoms with Crippen LogP contribution in [0.25, 0.3) is 0 Å². The standard InChI is InChI=1S/C15H20FN3O.ClH/c16-12-1-3-13(4-2-12)18-14(20)19-9-6-15(7-10-19)5-8-17-11-15;/h1-4,17H,5-11H2,(H,18,20);1H. The number of hydrogen-bond donors (Lipinski definition) is 2. The molecule has 3 rings (SSSR count). The van der Waals surface area contributed by atoms with E-state index in [1.165, 1.54) is 18.6 Å². The maximum absolute atomic E-state index is 12.8. The van der Waals surface area contributed by atoms with Crippen LogP contribution in [0.4, 0.5) is 14.9 Å². The molecule has 0 saturated carbocycles. The Kier molecular flexibility index (Phi) is 5.06. The molecular weight excluding hydrogens is 293 g/mol. The van der Waals surface area contributed by atoms with Crippen molar-refractivity contribution in [2.24, 2.45) is 5.41 Å². The minimum Gasteiger partial charge on any atom is -0.324 e. The van der Waals surface area contributed by atoms with Crippen LogP contribution < -0.4 is 10.6 Å². The Hall–Kier alpha value is -1.33. The number of halogens is 2. The van der Waals surface area contributed by atoms with E-state index in [4.69, 9.17) is 0 Å². The Bertz CT molecular complexity index is 478. The molecule has 1 aromatic rings. The normalized spacial score (nSPS) is 20.1. The lowest BCUT2D eigenvalue weighted by molar-refractivity contribution is 0.137. The minimum absolute atomic E-state index is 0. The van der Waals surface area contributed by atoms with Crippen molar-refractivity contribution in [3.05, 3.63) is 30.1 Å². The number of benzene rings is 1. The van der Waals surface area contributed by atoms with Gasteiger partial charge in [0.25, 0.3) is 0 Å². The molecule has 0 bridgehead atoms. The maximum Gasteiger partial charge on any atom is 0.321 e. The summed E-state index contributed by atoms with van der Waals surface area (Å²) in [5, 5.41) is 6.24. The van der Waals surface area contributed by atoms with Gasteiger partial charge >= 0.3 is 6.03 Å². The van der Waals surface area contributed by atoms with Gasteiger partial charge in [0.05, 0.1) is 0 Å². The fourth-order valence-electron chi connectivity index (χ4n) is 3.14. The molecule has 0 radical (unpaired) electrons. The van der Waals surface area contributed by atoms with Crippen molar-refractivity contribution in [1.82, 2.24) is 10.2 Å². The average molecular weight is 314 g/mol. The predicted molar refractivity (Wildman–Crippen MR) is 83.4 cm³/mol. The third-order valence-electron chi connectivity index (χ3n) is 4.54. The van der Waals surface area contributed by atoms with E-state index in [1.807, 2.05) is 4.90 Å². The smallest absolute Gasteiger partial charge is 0.321 e. The Balaban J connectivity index is 0.00000161. The number of piperidine rings is 1. The van der Waals surface area contributed by atoms with Crippen LogP contribution in [0.1, 0.15) is 19.3 Å². The zero-order chi connectivity index (χ0) is 14.0. The van der Waals surface area contributed by atoms with Gasteiger partial charge in [-0.15, -0.1) is 12.4 Å². The average Bonchev–Trinajstić information content (AvgIpc) is 2.90. The van der Waals surface area contributed by atoms with Crippen LogP contribution in [0.3, 0.4) is 0 Å². The second kappa shape index (κ2) is 6.62. The molecule has 116 valence electrons. The van der Waals surface area contributed by atoms with Gasteiger partial charge in [-0.3, -0.25) is 0 Å².